The van der Waals surface area contributed by atoms with Gasteiger partial charge in [0.25, 0.3) is 0 Å². The first kappa shape index (κ1) is 15.2. The van der Waals surface area contributed by atoms with Crippen LogP contribution >= 0.6 is 27.3 Å². The van der Waals surface area contributed by atoms with Gasteiger partial charge in [0, 0.05) is 47.5 Å². The van der Waals surface area contributed by atoms with Gasteiger partial charge in [0.1, 0.15) is 0 Å². The third-order valence-electron chi connectivity index (χ3n) is 4.04. The summed E-state index contributed by atoms with van der Waals surface area (Å²) in [5.41, 5.74) is 3.08. The zero-order valence-corrected chi connectivity index (χ0v) is 14.5. The van der Waals surface area contributed by atoms with Crippen LogP contribution in [0.2, 0.25) is 0 Å². The number of rotatable bonds is 5. The van der Waals surface area contributed by atoms with E-state index in [1.54, 1.807) is 0 Å². The van der Waals surface area contributed by atoms with Crippen molar-refractivity contribution in [2.45, 2.75) is 19.4 Å². The molecule has 1 aliphatic rings. The quantitative estimate of drug-likeness (QED) is 0.813. The van der Waals surface area contributed by atoms with Crippen molar-refractivity contribution < 1.29 is 0 Å². The smallest absolute Gasteiger partial charge is 0.0300 e. The Hall–Kier alpha value is -0.680. The van der Waals surface area contributed by atoms with Crippen molar-refractivity contribution in [2.75, 3.05) is 26.2 Å². The van der Waals surface area contributed by atoms with Crippen LogP contribution in [0.1, 0.15) is 16.0 Å². The van der Waals surface area contributed by atoms with Gasteiger partial charge in [0.15, 0.2) is 0 Å². The highest BCUT2D eigenvalue weighted by Gasteiger charge is 2.12. The highest BCUT2D eigenvalue weighted by molar-refractivity contribution is 9.10. The highest BCUT2D eigenvalue weighted by atomic mass is 79.9. The van der Waals surface area contributed by atoms with Crippen molar-refractivity contribution in [3.05, 3.63) is 56.2 Å². The molecule has 0 spiro atoms. The number of hydrogen-bond acceptors (Lipinski definition) is 3. The fraction of sp³-hybridized carbons (Fsp3) is 0.412. The number of nitrogens with zero attached hydrogens (tertiary/aromatic N) is 1. The molecule has 0 bridgehead atoms. The number of hydrogen-bond donors (Lipinski definition) is 1. The maximum Gasteiger partial charge on any atom is 0.0300 e. The fourth-order valence-corrected chi connectivity index (χ4v) is 4.25. The van der Waals surface area contributed by atoms with Crippen LogP contribution in [0.3, 0.4) is 0 Å². The molecular weight excluding hydrogens is 344 g/mol. The molecule has 1 aliphatic heterocycles. The largest absolute Gasteiger partial charge is 0.311 e. The van der Waals surface area contributed by atoms with Crippen molar-refractivity contribution in [1.29, 1.82) is 0 Å². The summed E-state index contributed by atoms with van der Waals surface area (Å²) in [6.07, 6.45) is 2.38. The predicted molar refractivity (Wildman–Crippen MR) is 94.0 cm³/mol. The van der Waals surface area contributed by atoms with Crippen LogP contribution in [0.4, 0.5) is 0 Å². The molecule has 0 unspecified atom stereocenters. The topological polar surface area (TPSA) is 15.3 Å². The summed E-state index contributed by atoms with van der Waals surface area (Å²) < 4.78 is 1.19. The van der Waals surface area contributed by atoms with E-state index in [-0.39, 0.29) is 0 Å². The predicted octanol–water partition coefficient (Wildman–Crippen LogP) is 3.70. The second-order valence-corrected chi connectivity index (χ2v) is 7.43. The summed E-state index contributed by atoms with van der Waals surface area (Å²) >= 11 is 5.31. The monoisotopic (exact) mass is 364 g/mol. The van der Waals surface area contributed by atoms with Gasteiger partial charge in [0.2, 0.25) is 0 Å². The average Bonchev–Trinajstić information content (AvgIpc) is 2.80. The number of thiophene rings is 1. The van der Waals surface area contributed by atoms with E-state index in [4.69, 9.17) is 0 Å². The maximum atomic E-state index is 3.55. The summed E-state index contributed by atoms with van der Waals surface area (Å²) in [7, 11) is 0. The van der Waals surface area contributed by atoms with Crippen LogP contribution in [0.25, 0.3) is 0 Å². The maximum absolute atomic E-state index is 3.55. The van der Waals surface area contributed by atoms with E-state index in [1.165, 1.54) is 46.4 Å². The molecule has 0 aliphatic carbocycles. The molecule has 1 aromatic heterocycles. The second-order valence-electron chi connectivity index (χ2n) is 5.52. The molecular formula is C17H21BrN2S. The molecule has 2 nitrogen and oxygen atoms in total. The Bertz CT molecular complexity index is 555. The van der Waals surface area contributed by atoms with Crippen LogP contribution in [0.15, 0.2) is 40.2 Å². The Balaban J connectivity index is 1.41. The minimum absolute atomic E-state index is 0.977. The third-order valence-corrected chi connectivity index (χ3v) is 5.74. The number of benzene rings is 1. The zero-order chi connectivity index (χ0) is 14.5. The molecule has 0 saturated carbocycles. The van der Waals surface area contributed by atoms with Crippen LogP contribution < -0.4 is 5.32 Å². The van der Waals surface area contributed by atoms with Crippen molar-refractivity contribution >= 4 is 27.3 Å². The van der Waals surface area contributed by atoms with E-state index in [9.17, 15) is 0 Å². The second kappa shape index (κ2) is 7.54. The summed E-state index contributed by atoms with van der Waals surface area (Å²) in [5.74, 6) is 0. The molecule has 0 radical (unpaired) electrons. The highest BCUT2D eigenvalue weighted by Crippen LogP contribution is 2.19. The van der Waals surface area contributed by atoms with E-state index in [1.807, 2.05) is 11.3 Å². The van der Waals surface area contributed by atoms with Crippen molar-refractivity contribution in [1.82, 2.24) is 10.2 Å². The Kier molecular flexibility index (Phi) is 5.47. The standard InChI is InChI=1S/C17H21BrN2S/c18-16-11-17(21-13-16)12-19-7-10-20-8-5-14-3-1-2-4-15(14)6-9-20/h1-4,11,13,19H,5-10,12H2. The molecule has 112 valence electrons. The first-order valence-electron chi connectivity index (χ1n) is 7.54. The molecule has 21 heavy (non-hydrogen) atoms. The number of fused-ring (bicyclic) bond motifs is 1. The van der Waals surface area contributed by atoms with Gasteiger partial charge in [-0.25, -0.2) is 0 Å². The van der Waals surface area contributed by atoms with Gasteiger partial charge in [0.05, 0.1) is 0 Å². The van der Waals surface area contributed by atoms with Gasteiger partial charge in [-0.1, -0.05) is 24.3 Å². The van der Waals surface area contributed by atoms with E-state index >= 15 is 0 Å². The lowest BCUT2D eigenvalue weighted by Gasteiger charge is -2.19. The van der Waals surface area contributed by atoms with Gasteiger partial charge >= 0.3 is 0 Å². The molecule has 2 aromatic rings. The van der Waals surface area contributed by atoms with Crippen LogP contribution in [-0.4, -0.2) is 31.1 Å². The van der Waals surface area contributed by atoms with Crippen LogP contribution in [-0.2, 0) is 19.4 Å². The van der Waals surface area contributed by atoms with Gasteiger partial charge < -0.3 is 10.2 Å². The van der Waals surface area contributed by atoms with Crippen molar-refractivity contribution in [2.24, 2.45) is 0 Å². The first-order chi connectivity index (χ1) is 10.3. The Morgan fingerprint density at radius 1 is 1.14 bits per heavy atom. The van der Waals surface area contributed by atoms with E-state index < -0.39 is 0 Å². The Labute approximate surface area is 139 Å². The Morgan fingerprint density at radius 3 is 2.48 bits per heavy atom. The Morgan fingerprint density at radius 2 is 1.86 bits per heavy atom. The summed E-state index contributed by atoms with van der Waals surface area (Å²) in [6.45, 7) is 5.54. The number of halogens is 1. The molecule has 2 heterocycles. The third kappa shape index (κ3) is 4.39. The summed E-state index contributed by atoms with van der Waals surface area (Å²) in [5, 5.41) is 5.69. The summed E-state index contributed by atoms with van der Waals surface area (Å²) in [4.78, 5) is 3.97. The number of nitrogens with one attached hydrogen (secondary N) is 1. The minimum atomic E-state index is 0.977. The first-order valence-corrected chi connectivity index (χ1v) is 9.21. The van der Waals surface area contributed by atoms with Crippen LogP contribution in [0.5, 0.6) is 0 Å². The van der Waals surface area contributed by atoms with E-state index in [2.05, 4.69) is 61.9 Å². The summed E-state index contributed by atoms with van der Waals surface area (Å²) in [6, 6.07) is 11.1. The van der Waals surface area contributed by atoms with Gasteiger partial charge in [-0.15, -0.1) is 11.3 Å². The molecule has 0 amide bonds. The molecule has 4 heteroatoms. The zero-order valence-electron chi connectivity index (χ0n) is 12.1. The van der Waals surface area contributed by atoms with Gasteiger partial charge in [-0.05, 0) is 46.0 Å². The molecule has 1 N–H and O–H groups in total. The minimum Gasteiger partial charge on any atom is -0.311 e. The SMILES string of the molecule is Brc1csc(CNCCN2CCc3ccccc3CC2)c1. The molecule has 3 rings (SSSR count). The van der Waals surface area contributed by atoms with E-state index in [0.29, 0.717) is 0 Å². The average molecular weight is 365 g/mol. The molecule has 0 atom stereocenters. The van der Waals surface area contributed by atoms with Gasteiger partial charge in [-0.2, -0.15) is 0 Å². The van der Waals surface area contributed by atoms with Gasteiger partial charge in [-0.3, -0.25) is 0 Å². The normalized spacial score (nSPS) is 15.7. The fourth-order valence-electron chi connectivity index (χ4n) is 2.83. The molecule has 1 aromatic carbocycles. The lowest BCUT2D eigenvalue weighted by molar-refractivity contribution is 0.286. The lowest BCUT2D eigenvalue weighted by atomic mass is 10.0. The molecule has 0 fully saturated rings. The van der Waals surface area contributed by atoms with Crippen molar-refractivity contribution in [3.8, 4) is 0 Å². The lowest BCUT2D eigenvalue weighted by Crippen LogP contribution is -2.33. The van der Waals surface area contributed by atoms with E-state index in [0.717, 1.165) is 19.6 Å². The molecule has 0 saturated heterocycles. The van der Waals surface area contributed by atoms with Crippen LogP contribution in [0, 0.1) is 0 Å². The van der Waals surface area contributed by atoms with Crippen molar-refractivity contribution in [3.63, 3.8) is 0 Å².